The zero-order chi connectivity index (χ0) is 20.9. The predicted molar refractivity (Wildman–Crippen MR) is 122 cm³/mol. The molecule has 1 fully saturated rings. The molecule has 0 bridgehead atoms. The lowest BCUT2D eigenvalue weighted by molar-refractivity contribution is -0.113. The van der Waals surface area contributed by atoms with Gasteiger partial charge < -0.3 is 14.6 Å². The minimum Gasteiger partial charge on any atom is -0.411 e. The molecule has 1 aromatic heterocycles. The van der Waals surface area contributed by atoms with Gasteiger partial charge >= 0.3 is 0 Å². The molecule has 0 radical (unpaired) electrons. The number of thioether (sulfide) groups is 1. The molecule has 0 saturated carbocycles. The fourth-order valence-corrected chi connectivity index (χ4v) is 4.26. The summed E-state index contributed by atoms with van der Waals surface area (Å²) in [5, 5.41) is 12.5. The van der Waals surface area contributed by atoms with E-state index in [0.717, 1.165) is 42.9 Å². The number of amides is 1. The fourth-order valence-electron chi connectivity index (χ4n) is 3.34. The average molecular weight is 463 g/mol. The van der Waals surface area contributed by atoms with E-state index in [4.69, 9.17) is 27.6 Å². The predicted octanol–water partition coefficient (Wildman–Crippen LogP) is 5.76. The van der Waals surface area contributed by atoms with Crippen LogP contribution < -0.4 is 10.2 Å². The molecule has 0 spiro atoms. The number of rotatable bonds is 6. The highest BCUT2D eigenvalue weighted by molar-refractivity contribution is 7.99. The van der Waals surface area contributed by atoms with E-state index < -0.39 is 0 Å². The molecule has 2 heterocycles. The van der Waals surface area contributed by atoms with Gasteiger partial charge in [0, 0.05) is 28.7 Å². The van der Waals surface area contributed by atoms with Gasteiger partial charge in [-0.05, 0) is 55.7 Å². The topological polar surface area (TPSA) is 71.3 Å². The summed E-state index contributed by atoms with van der Waals surface area (Å²) in [6.07, 6.45) is 3.54. The van der Waals surface area contributed by atoms with Gasteiger partial charge in [-0.15, -0.1) is 10.2 Å². The number of carbonyl (C=O) groups excluding carboxylic acids is 1. The quantitative estimate of drug-likeness (QED) is 0.469. The summed E-state index contributed by atoms with van der Waals surface area (Å²) >= 11 is 13.3. The van der Waals surface area contributed by atoms with Crippen molar-refractivity contribution in [2.24, 2.45) is 0 Å². The number of nitrogens with zero attached hydrogens (tertiary/aromatic N) is 3. The minimum atomic E-state index is -0.164. The van der Waals surface area contributed by atoms with Crippen molar-refractivity contribution >= 4 is 52.2 Å². The van der Waals surface area contributed by atoms with Crippen molar-refractivity contribution in [3.05, 3.63) is 52.5 Å². The highest BCUT2D eigenvalue weighted by atomic mass is 35.5. The van der Waals surface area contributed by atoms with Crippen LogP contribution in [-0.4, -0.2) is 34.9 Å². The van der Waals surface area contributed by atoms with Gasteiger partial charge in [0.15, 0.2) is 0 Å². The van der Waals surface area contributed by atoms with Crippen molar-refractivity contribution in [1.29, 1.82) is 0 Å². The lowest BCUT2D eigenvalue weighted by atomic mass is 10.1. The van der Waals surface area contributed by atoms with E-state index in [2.05, 4.69) is 20.4 Å². The zero-order valence-corrected chi connectivity index (χ0v) is 18.4. The average Bonchev–Trinajstić information content (AvgIpc) is 3.22. The third-order valence-corrected chi connectivity index (χ3v) is 6.02. The minimum absolute atomic E-state index is 0.142. The first-order valence-corrected chi connectivity index (χ1v) is 11.4. The fraction of sp³-hybridized carbons (Fsp3) is 0.286. The molecule has 3 aromatic rings. The van der Waals surface area contributed by atoms with Crippen LogP contribution in [-0.2, 0) is 4.79 Å². The second kappa shape index (κ2) is 9.73. The number of halogens is 2. The van der Waals surface area contributed by atoms with Crippen molar-refractivity contribution in [3.8, 4) is 11.5 Å². The van der Waals surface area contributed by atoms with E-state index in [1.165, 1.54) is 18.2 Å². The summed E-state index contributed by atoms with van der Waals surface area (Å²) in [4.78, 5) is 14.8. The molecular weight excluding hydrogens is 443 g/mol. The van der Waals surface area contributed by atoms with Gasteiger partial charge in [-0.25, -0.2) is 0 Å². The molecule has 0 atom stereocenters. The summed E-state index contributed by atoms with van der Waals surface area (Å²) in [6, 6.07) is 12.8. The van der Waals surface area contributed by atoms with Crippen LogP contribution in [0, 0.1) is 0 Å². The molecule has 0 aliphatic carbocycles. The van der Waals surface area contributed by atoms with Crippen LogP contribution >= 0.6 is 35.0 Å². The Bertz CT molecular complexity index is 1040. The van der Waals surface area contributed by atoms with Gasteiger partial charge in [-0.2, -0.15) is 0 Å². The maximum atomic E-state index is 12.6. The first kappa shape index (κ1) is 21.0. The summed E-state index contributed by atoms with van der Waals surface area (Å²) in [6.45, 7) is 1.96. The van der Waals surface area contributed by atoms with Gasteiger partial charge in [0.05, 0.1) is 17.1 Å². The Morgan fingerprint density at radius 3 is 2.67 bits per heavy atom. The maximum absolute atomic E-state index is 12.6. The lowest BCUT2D eigenvalue weighted by Gasteiger charge is -2.30. The molecule has 1 aliphatic heterocycles. The molecule has 4 rings (SSSR count). The number of anilines is 2. The van der Waals surface area contributed by atoms with E-state index in [1.54, 1.807) is 18.2 Å². The van der Waals surface area contributed by atoms with Crippen molar-refractivity contribution in [2.45, 2.75) is 24.5 Å². The number of nitrogens with one attached hydrogen (secondary N) is 1. The summed E-state index contributed by atoms with van der Waals surface area (Å²) in [5.41, 5.74) is 2.45. The maximum Gasteiger partial charge on any atom is 0.277 e. The van der Waals surface area contributed by atoms with E-state index >= 15 is 0 Å². The van der Waals surface area contributed by atoms with Crippen molar-refractivity contribution < 1.29 is 9.21 Å². The summed E-state index contributed by atoms with van der Waals surface area (Å²) < 4.78 is 5.64. The third-order valence-electron chi connectivity index (χ3n) is 4.73. The largest absolute Gasteiger partial charge is 0.411 e. The Labute approximate surface area is 188 Å². The standard InChI is InChI=1S/C21H20Cl2N4O2S/c22-15-6-4-5-14(11-15)20-25-26-21(29-20)30-13-19(28)24-17-12-16(23)7-8-18(17)27-9-2-1-3-10-27/h4-8,11-12H,1-3,9-10,13H2,(H,24,28). The van der Waals surface area contributed by atoms with E-state index in [0.29, 0.717) is 21.2 Å². The molecule has 1 saturated heterocycles. The molecule has 9 heteroatoms. The Morgan fingerprint density at radius 2 is 1.87 bits per heavy atom. The Balaban J connectivity index is 1.39. The molecule has 2 aromatic carbocycles. The monoisotopic (exact) mass is 462 g/mol. The molecule has 1 N–H and O–H groups in total. The van der Waals surface area contributed by atoms with Crippen LogP contribution in [0.15, 0.2) is 52.1 Å². The first-order chi connectivity index (χ1) is 14.6. The van der Waals surface area contributed by atoms with Gasteiger partial charge in [0.2, 0.25) is 11.8 Å². The van der Waals surface area contributed by atoms with Crippen LogP contribution in [0.4, 0.5) is 11.4 Å². The molecular formula is C21H20Cl2N4O2S. The number of carbonyl (C=O) groups is 1. The summed E-state index contributed by atoms with van der Waals surface area (Å²) in [5.74, 6) is 0.342. The van der Waals surface area contributed by atoms with Crippen LogP contribution in [0.25, 0.3) is 11.5 Å². The SMILES string of the molecule is O=C(CSc1nnc(-c2cccc(Cl)c2)o1)Nc1cc(Cl)ccc1N1CCCCC1. The van der Waals surface area contributed by atoms with E-state index in [1.807, 2.05) is 24.3 Å². The number of hydrogen-bond acceptors (Lipinski definition) is 6. The van der Waals surface area contributed by atoms with Crippen LogP contribution in [0.5, 0.6) is 0 Å². The molecule has 1 aliphatic rings. The molecule has 30 heavy (non-hydrogen) atoms. The second-order valence-electron chi connectivity index (χ2n) is 6.93. The van der Waals surface area contributed by atoms with Gasteiger partial charge in [0.1, 0.15) is 0 Å². The number of benzene rings is 2. The number of piperidine rings is 1. The third kappa shape index (κ3) is 5.28. The molecule has 1 amide bonds. The first-order valence-electron chi connectivity index (χ1n) is 9.65. The van der Waals surface area contributed by atoms with E-state index in [-0.39, 0.29) is 11.7 Å². The Hall–Kier alpha value is -2.22. The highest BCUT2D eigenvalue weighted by Gasteiger charge is 2.17. The van der Waals surface area contributed by atoms with E-state index in [9.17, 15) is 4.79 Å². The smallest absolute Gasteiger partial charge is 0.277 e. The highest BCUT2D eigenvalue weighted by Crippen LogP contribution is 2.32. The van der Waals surface area contributed by atoms with Gasteiger partial charge in [0.25, 0.3) is 5.22 Å². The van der Waals surface area contributed by atoms with Gasteiger partial charge in [-0.1, -0.05) is 41.0 Å². The number of hydrogen-bond donors (Lipinski definition) is 1. The van der Waals surface area contributed by atoms with Crippen molar-refractivity contribution in [2.75, 3.05) is 29.1 Å². The van der Waals surface area contributed by atoms with Crippen molar-refractivity contribution in [3.63, 3.8) is 0 Å². The Morgan fingerprint density at radius 1 is 1.07 bits per heavy atom. The lowest BCUT2D eigenvalue weighted by Crippen LogP contribution is -2.30. The zero-order valence-electron chi connectivity index (χ0n) is 16.1. The molecule has 0 unspecified atom stereocenters. The van der Waals surface area contributed by atoms with Crippen LogP contribution in [0.3, 0.4) is 0 Å². The summed E-state index contributed by atoms with van der Waals surface area (Å²) in [7, 11) is 0. The van der Waals surface area contributed by atoms with Crippen LogP contribution in [0.2, 0.25) is 10.0 Å². The normalized spacial score (nSPS) is 14.0. The second-order valence-corrected chi connectivity index (χ2v) is 8.73. The Kier molecular flexibility index (Phi) is 6.82. The molecule has 6 nitrogen and oxygen atoms in total. The van der Waals surface area contributed by atoms with Crippen LogP contribution in [0.1, 0.15) is 19.3 Å². The van der Waals surface area contributed by atoms with Gasteiger partial charge in [-0.3, -0.25) is 4.79 Å². The van der Waals surface area contributed by atoms with Crippen molar-refractivity contribution in [1.82, 2.24) is 10.2 Å². The molecule has 156 valence electrons. The number of aromatic nitrogens is 2.